The summed E-state index contributed by atoms with van der Waals surface area (Å²) >= 11 is 0. The Morgan fingerprint density at radius 3 is 2.79 bits per heavy atom. The van der Waals surface area contributed by atoms with Gasteiger partial charge in [0.15, 0.2) is 0 Å². The van der Waals surface area contributed by atoms with E-state index in [0.717, 1.165) is 44.2 Å². The molecule has 1 saturated carbocycles. The van der Waals surface area contributed by atoms with E-state index in [-0.39, 0.29) is 0 Å². The summed E-state index contributed by atoms with van der Waals surface area (Å²) in [7, 11) is 1.76. The zero-order valence-corrected chi connectivity index (χ0v) is 15.9. The molecule has 1 unspecified atom stereocenters. The summed E-state index contributed by atoms with van der Waals surface area (Å²) < 4.78 is 5.19. The number of ether oxygens (including phenoxy) is 1. The predicted molar refractivity (Wildman–Crippen MR) is 102 cm³/mol. The maximum absolute atomic E-state index is 5.19. The third-order valence-electron chi connectivity index (χ3n) is 5.09. The summed E-state index contributed by atoms with van der Waals surface area (Å²) in [5, 5.41) is 3.60. The molecule has 1 atom stereocenters. The molecule has 0 spiro atoms. The number of nitrogens with one attached hydrogen (secondary N) is 1. The fourth-order valence-corrected chi connectivity index (χ4v) is 2.88. The molecule has 134 valence electrons. The number of rotatable bonds is 10. The van der Waals surface area contributed by atoms with Gasteiger partial charge >= 0.3 is 0 Å². The second kappa shape index (κ2) is 9.24. The second-order valence-corrected chi connectivity index (χ2v) is 7.10. The van der Waals surface area contributed by atoms with Gasteiger partial charge in [0.1, 0.15) is 0 Å². The first-order valence-electron chi connectivity index (χ1n) is 9.35. The lowest BCUT2D eigenvalue weighted by Crippen LogP contribution is -2.25. The van der Waals surface area contributed by atoms with Crippen LogP contribution in [0.25, 0.3) is 0 Å². The smallest absolute Gasteiger partial charge is 0.0465 e. The van der Waals surface area contributed by atoms with Crippen molar-refractivity contribution in [2.24, 2.45) is 5.92 Å². The van der Waals surface area contributed by atoms with Gasteiger partial charge in [0.2, 0.25) is 0 Å². The minimum atomic E-state index is 0.582. The Kier molecular flexibility index (Phi) is 7.32. The number of allylic oxidation sites excluding steroid dienone is 3. The van der Waals surface area contributed by atoms with Gasteiger partial charge in [0.25, 0.3) is 0 Å². The van der Waals surface area contributed by atoms with Crippen LogP contribution in [-0.4, -0.2) is 31.2 Å². The van der Waals surface area contributed by atoms with E-state index < -0.39 is 0 Å². The molecule has 1 N–H and O–H groups in total. The Bertz CT molecular complexity index is 526. The third-order valence-corrected chi connectivity index (χ3v) is 5.09. The molecule has 0 radical (unpaired) electrons. The molecule has 2 aliphatic rings. The molecule has 1 heterocycles. The predicted octanol–water partition coefficient (Wildman–Crippen LogP) is 4.75. The minimum absolute atomic E-state index is 0.582. The molecule has 0 amide bonds. The molecule has 0 aromatic heterocycles. The number of nitrogens with zero attached hydrogens (tertiary/aromatic N) is 1. The Labute approximate surface area is 148 Å². The van der Waals surface area contributed by atoms with Gasteiger partial charge in [-0.05, 0) is 62.2 Å². The molecule has 1 aliphatic heterocycles. The SMILES string of the molecule is C=C(CCCOC)N1C=C(CNC2CC2)C=C/C1=C(\C)C(C)CC. The van der Waals surface area contributed by atoms with E-state index >= 15 is 0 Å². The summed E-state index contributed by atoms with van der Waals surface area (Å²) in [6.07, 6.45) is 12.6. The molecule has 0 aromatic rings. The zero-order valence-electron chi connectivity index (χ0n) is 15.9. The van der Waals surface area contributed by atoms with Crippen molar-refractivity contribution in [1.82, 2.24) is 10.2 Å². The lowest BCUT2D eigenvalue weighted by Gasteiger charge is -2.31. The van der Waals surface area contributed by atoms with Gasteiger partial charge in [0, 0.05) is 43.9 Å². The van der Waals surface area contributed by atoms with Crippen molar-refractivity contribution in [3.8, 4) is 0 Å². The highest BCUT2D eigenvalue weighted by molar-refractivity contribution is 5.40. The molecular weight excluding hydrogens is 296 g/mol. The van der Waals surface area contributed by atoms with Crippen LogP contribution in [0.3, 0.4) is 0 Å². The standard InChI is InChI=1S/C21H34N2O/c1-6-16(2)18(4)21-12-9-19(14-22-20-10-11-20)15-23(21)17(3)8-7-13-24-5/h9,12,15-16,20,22H,3,6-8,10-11,13-14H2,1-2,4-5H3/b21-18-. The first kappa shape index (κ1) is 19.0. The van der Waals surface area contributed by atoms with Gasteiger partial charge < -0.3 is 15.0 Å². The number of hydrogen-bond acceptors (Lipinski definition) is 3. The zero-order chi connectivity index (χ0) is 17.5. The van der Waals surface area contributed by atoms with Gasteiger partial charge in [-0.2, -0.15) is 0 Å². The monoisotopic (exact) mass is 330 g/mol. The molecule has 3 heteroatoms. The van der Waals surface area contributed by atoms with Crippen LogP contribution < -0.4 is 5.32 Å². The summed E-state index contributed by atoms with van der Waals surface area (Å²) in [4.78, 5) is 2.31. The van der Waals surface area contributed by atoms with Crippen LogP contribution in [-0.2, 0) is 4.74 Å². The van der Waals surface area contributed by atoms with Crippen LogP contribution in [0.5, 0.6) is 0 Å². The van der Waals surface area contributed by atoms with E-state index in [1.54, 1.807) is 7.11 Å². The normalized spacial score (nSPS) is 20.8. The molecule has 0 aromatic carbocycles. The van der Waals surface area contributed by atoms with Crippen molar-refractivity contribution in [1.29, 1.82) is 0 Å². The van der Waals surface area contributed by atoms with Gasteiger partial charge in [0.05, 0.1) is 0 Å². The van der Waals surface area contributed by atoms with Crippen molar-refractivity contribution < 1.29 is 4.74 Å². The van der Waals surface area contributed by atoms with E-state index in [9.17, 15) is 0 Å². The van der Waals surface area contributed by atoms with Gasteiger partial charge in [-0.15, -0.1) is 0 Å². The van der Waals surface area contributed by atoms with Crippen LogP contribution in [0, 0.1) is 5.92 Å². The maximum Gasteiger partial charge on any atom is 0.0465 e. The average Bonchev–Trinajstić information content (AvgIpc) is 3.43. The lowest BCUT2D eigenvalue weighted by molar-refractivity contribution is 0.193. The molecule has 1 aliphatic carbocycles. The maximum atomic E-state index is 5.19. The van der Waals surface area contributed by atoms with E-state index in [0.29, 0.717) is 5.92 Å². The largest absolute Gasteiger partial charge is 0.385 e. The summed E-state index contributed by atoms with van der Waals surface area (Å²) in [6, 6.07) is 0.733. The fraction of sp³-hybridized carbons (Fsp3) is 0.619. The van der Waals surface area contributed by atoms with Gasteiger partial charge in [-0.25, -0.2) is 0 Å². The van der Waals surface area contributed by atoms with Crippen LogP contribution >= 0.6 is 0 Å². The molecule has 1 fully saturated rings. The fourth-order valence-electron chi connectivity index (χ4n) is 2.88. The highest BCUT2D eigenvalue weighted by Crippen LogP contribution is 2.30. The molecular formula is C21H34N2O. The topological polar surface area (TPSA) is 24.5 Å². The third kappa shape index (κ3) is 5.35. The first-order chi connectivity index (χ1) is 11.6. The van der Waals surface area contributed by atoms with E-state index in [1.807, 2.05) is 0 Å². The van der Waals surface area contributed by atoms with Crippen molar-refractivity contribution >= 4 is 0 Å². The molecule has 0 bridgehead atoms. The van der Waals surface area contributed by atoms with E-state index in [4.69, 9.17) is 4.74 Å². The summed E-state index contributed by atoms with van der Waals surface area (Å²) in [5.74, 6) is 0.582. The first-order valence-corrected chi connectivity index (χ1v) is 9.35. The molecule has 24 heavy (non-hydrogen) atoms. The van der Waals surface area contributed by atoms with Crippen molar-refractivity contribution in [3.63, 3.8) is 0 Å². The van der Waals surface area contributed by atoms with Gasteiger partial charge in [-0.1, -0.05) is 26.5 Å². The molecule has 2 rings (SSSR count). The van der Waals surface area contributed by atoms with Crippen molar-refractivity contribution in [3.05, 3.63) is 47.5 Å². The van der Waals surface area contributed by atoms with Gasteiger partial charge in [-0.3, -0.25) is 0 Å². The van der Waals surface area contributed by atoms with Crippen molar-refractivity contribution in [2.75, 3.05) is 20.3 Å². The highest BCUT2D eigenvalue weighted by atomic mass is 16.5. The van der Waals surface area contributed by atoms with E-state index in [1.165, 1.54) is 29.7 Å². The average molecular weight is 331 g/mol. The molecule has 3 nitrogen and oxygen atoms in total. The molecule has 0 saturated heterocycles. The summed E-state index contributed by atoms with van der Waals surface area (Å²) in [6.45, 7) is 12.9. The number of hydrogen-bond donors (Lipinski definition) is 1. The quantitative estimate of drug-likeness (QED) is 0.585. The second-order valence-electron chi connectivity index (χ2n) is 7.10. The van der Waals surface area contributed by atoms with E-state index in [2.05, 4.69) is 55.9 Å². The Hall–Kier alpha value is -1.32. The lowest BCUT2D eigenvalue weighted by atomic mass is 9.95. The number of methoxy groups -OCH3 is 1. The van der Waals surface area contributed by atoms with Crippen molar-refractivity contribution in [2.45, 2.75) is 58.9 Å². The van der Waals surface area contributed by atoms with Crippen LogP contribution in [0.2, 0.25) is 0 Å². The minimum Gasteiger partial charge on any atom is -0.385 e. The Morgan fingerprint density at radius 2 is 2.17 bits per heavy atom. The van der Waals surface area contributed by atoms with Crippen LogP contribution in [0.15, 0.2) is 47.5 Å². The van der Waals surface area contributed by atoms with Crippen LogP contribution in [0.1, 0.15) is 52.9 Å². The van der Waals surface area contributed by atoms with Crippen LogP contribution in [0.4, 0.5) is 0 Å². The Morgan fingerprint density at radius 1 is 1.42 bits per heavy atom. The summed E-state index contributed by atoms with van der Waals surface area (Å²) in [5.41, 5.74) is 5.21. The Balaban J connectivity index is 2.14. The highest BCUT2D eigenvalue weighted by Gasteiger charge is 2.22.